The van der Waals surface area contributed by atoms with Gasteiger partial charge in [0.1, 0.15) is 5.82 Å². The van der Waals surface area contributed by atoms with E-state index >= 15 is 0 Å². The molecule has 0 bridgehead atoms. The van der Waals surface area contributed by atoms with Crippen LogP contribution in [0.4, 0.5) is 0 Å². The normalized spacial score (nSPS) is 26.7. The van der Waals surface area contributed by atoms with E-state index in [4.69, 9.17) is 9.47 Å². The SMILES string of the molecule is CNC(c1ccnc(C)n1)C1CCOC2(CCOCC2)C1. The van der Waals surface area contributed by atoms with Gasteiger partial charge in [-0.05, 0) is 51.6 Å². The monoisotopic (exact) mass is 291 g/mol. The Morgan fingerprint density at radius 1 is 1.33 bits per heavy atom. The molecule has 0 saturated carbocycles. The van der Waals surface area contributed by atoms with E-state index in [-0.39, 0.29) is 11.6 Å². The van der Waals surface area contributed by atoms with Crippen LogP contribution in [-0.4, -0.2) is 42.4 Å². The maximum absolute atomic E-state index is 6.15. The van der Waals surface area contributed by atoms with E-state index in [1.54, 1.807) is 0 Å². The van der Waals surface area contributed by atoms with Crippen LogP contribution in [0.5, 0.6) is 0 Å². The molecule has 0 amide bonds. The second kappa shape index (κ2) is 6.38. The third kappa shape index (κ3) is 3.25. The van der Waals surface area contributed by atoms with Crippen LogP contribution in [0.25, 0.3) is 0 Å². The van der Waals surface area contributed by atoms with Gasteiger partial charge in [-0.3, -0.25) is 0 Å². The number of nitrogens with zero attached hydrogens (tertiary/aromatic N) is 2. The molecule has 5 heteroatoms. The van der Waals surface area contributed by atoms with Crippen LogP contribution in [0.1, 0.15) is 43.2 Å². The van der Waals surface area contributed by atoms with Crippen molar-refractivity contribution in [2.75, 3.05) is 26.9 Å². The van der Waals surface area contributed by atoms with Gasteiger partial charge in [-0.1, -0.05) is 0 Å². The summed E-state index contributed by atoms with van der Waals surface area (Å²) < 4.78 is 11.7. The van der Waals surface area contributed by atoms with Crippen molar-refractivity contribution >= 4 is 0 Å². The average molecular weight is 291 g/mol. The molecule has 116 valence electrons. The van der Waals surface area contributed by atoms with Crippen LogP contribution in [-0.2, 0) is 9.47 Å². The summed E-state index contributed by atoms with van der Waals surface area (Å²) >= 11 is 0. The summed E-state index contributed by atoms with van der Waals surface area (Å²) in [4.78, 5) is 8.82. The highest BCUT2D eigenvalue weighted by Gasteiger charge is 2.41. The molecule has 5 nitrogen and oxygen atoms in total. The number of rotatable bonds is 3. The molecule has 2 fully saturated rings. The maximum Gasteiger partial charge on any atom is 0.125 e. The van der Waals surface area contributed by atoms with E-state index < -0.39 is 0 Å². The lowest BCUT2D eigenvalue weighted by Gasteiger charge is -2.45. The molecule has 1 N–H and O–H groups in total. The van der Waals surface area contributed by atoms with Gasteiger partial charge < -0.3 is 14.8 Å². The van der Waals surface area contributed by atoms with Gasteiger partial charge >= 0.3 is 0 Å². The number of hydrogen-bond donors (Lipinski definition) is 1. The molecular weight excluding hydrogens is 266 g/mol. The second-order valence-corrected chi connectivity index (χ2v) is 6.19. The molecule has 0 aliphatic carbocycles. The van der Waals surface area contributed by atoms with Crippen molar-refractivity contribution < 1.29 is 9.47 Å². The first kappa shape index (κ1) is 14.9. The van der Waals surface area contributed by atoms with Gasteiger partial charge in [0.15, 0.2) is 0 Å². The standard InChI is InChI=1S/C16H25N3O2/c1-12-18-7-3-14(19-12)15(17-2)13-4-8-21-16(11-13)5-9-20-10-6-16/h3,7,13,15,17H,4-6,8-11H2,1-2H3. The van der Waals surface area contributed by atoms with Crippen LogP contribution in [0, 0.1) is 12.8 Å². The van der Waals surface area contributed by atoms with Crippen molar-refractivity contribution in [2.45, 2.75) is 44.2 Å². The molecule has 2 saturated heterocycles. The number of hydrogen-bond acceptors (Lipinski definition) is 5. The lowest BCUT2D eigenvalue weighted by Crippen LogP contribution is -2.46. The summed E-state index contributed by atoms with van der Waals surface area (Å²) in [5, 5.41) is 3.46. The lowest BCUT2D eigenvalue weighted by molar-refractivity contribution is -0.150. The molecule has 3 rings (SSSR count). The molecule has 1 spiro atoms. The summed E-state index contributed by atoms with van der Waals surface area (Å²) in [5.74, 6) is 1.39. The molecule has 2 aliphatic rings. The summed E-state index contributed by atoms with van der Waals surface area (Å²) in [6, 6.07) is 2.30. The van der Waals surface area contributed by atoms with Crippen LogP contribution in [0.15, 0.2) is 12.3 Å². The molecular formula is C16H25N3O2. The smallest absolute Gasteiger partial charge is 0.125 e. The van der Waals surface area contributed by atoms with Gasteiger partial charge in [0.2, 0.25) is 0 Å². The van der Waals surface area contributed by atoms with Crippen molar-refractivity contribution in [3.63, 3.8) is 0 Å². The number of aryl methyl sites for hydroxylation is 1. The van der Waals surface area contributed by atoms with Crippen LogP contribution >= 0.6 is 0 Å². The minimum absolute atomic E-state index is 0.0261. The molecule has 2 unspecified atom stereocenters. The highest BCUT2D eigenvalue weighted by Crippen LogP contribution is 2.41. The topological polar surface area (TPSA) is 56.3 Å². The summed E-state index contributed by atoms with van der Waals surface area (Å²) in [6.45, 7) is 4.43. The van der Waals surface area contributed by atoms with Gasteiger partial charge in [-0.2, -0.15) is 0 Å². The van der Waals surface area contributed by atoms with Crippen LogP contribution in [0.2, 0.25) is 0 Å². The van der Waals surface area contributed by atoms with E-state index in [0.29, 0.717) is 5.92 Å². The average Bonchev–Trinajstić information content (AvgIpc) is 2.49. The van der Waals surface area contributed by atoms with Gasteiger partial charge in [0.05, 0.1) is 17.3 Å². The molecule has 2 aliphatic heterocycles. The first-order chi connectivity index (χ1) is 10.2. The molecule has 0 radical (unpaired) electrons. The Hall–Kier alpha value is -1.04. The highest BCUT2D eigenvalue weighted by molar-refractivity contribution is 5.10. The predicted octanol–water partition coefficient (Wildman–Crippen LogP) is 2.02. The Labute approximate surface area is 126 Å². The van der Waals surface area contributed by atoms with E-state index in [1.165, 1.54) is 0 Å². The van der Waals surface area contributed by atoms with Gasteiger partial charge in [-0.15, -0.1) is 0 Å². The first-order valence-corrected chi connectivity index (χ1v) is 7.91. The summed E-state index contributed by atoms with van der Waals surface area (Å²) in [6.07, 6.45) is 6.05. The van der Waals surface area contributed by atoms with Gasteiger partial charge in [-0.25, -0.2) is 9.97 Å². The number of ether oxygens (including phenoxy) is 2. The van der Waals surface area contributed by atoms with E-state index in [1.807, 2.05) is 26.2 Å². The van der Waals surface area contributed by atoms with Crippen molar-refractivity contribution in [2.24, 2.45) is 5.92 Å². The highest BCUT2D eigenvalue weighted by atomic mass is 16.5. The maximum atomic E-state index is 6.15. The summed E-state index contributed by atoms with van der Waals surface area (Å²) in [7, 11) is 2.02. The van der Waals surface area contributed by atoms with Crippen molar-refractivity contribution in [1.82, 2.24) is 15.3 Å². The minimum atomic E-state index is 0.0261. The molecule has 1 aromatic rings. The summed E-state index contributed by atoms with van der Waals surface area (Å²) in [5.41, 5.74) is 1.12. The third-order valence-corrected chi connectivity index (χ3v) is 4.83. The minimum Gasteiger partial charge on any atom is -0.381 e. The molecule has 21 heavy (non-hydrogen) atoms. The Morgan fingerprint density at radius 3 is 2.86 bits per heavy atom. The molecule has 3 heterocycles. The fraction of sp³-hybridized carbons (Fsp3) is 0.750. The van der Waals surface area contributed by atoms with Gasteiger partial charge in [0, 0.05) is 26.0 Å². The Morgan fingerprint density at radius 2 is 2.14 bits per heavy atom. The first-order valence-electron chi connectivity index (χ1n) is 7.91. The van der Waals surface area contributed by atoms with E-state index in [2.05, 4.69) is 15.3 Å². The zero-order chi connectivity index (χ0) is 14.7. The lowest BCUT2D eigenvalue weighted by atomic mass is 9.77. The fourth-order valence-electron chi connectivity index (χ4n) is 3.71. The molecule has 0 aromatic carbocycles. The Balaban J connectivity index is 1.77. The Kier molecular flexibility index (Phi) is 4.52. The molecule has 2 atom stereocenters. The van der Waals surface area contributed by atoms with Crippen molar-refractivity contribution in [3.8, 4) is 0 Å². The van der Waals surface area contributed by atoms with Crippen LogP contribution < -0.4 is 5.32 Å². The number of nitrogens with one attached hydrogen (secondary N) is 1. The third-order valence-electron chi connectivity index (χ3n) is 4.83. The largest absolute Gasteiger partial charge is 0.381 e. The molecule has 1 aromatic heterocycles. The Bertz CT molecular complexity index is 469. The van der Waals surface area contributed by atoms with Crippen molar-refractivity contribution in [3.05, 3.63) is 23.8 Å². The predicted molar refractivity (Wildman–Crippen MR) is 80.0 cm³/mol. The van der Waals surface area contributed by atoms with Crippen molar-refractivity contribution in [1.29, 1.82) is 0 Å². The van der Waals surface area contributed by atoms with E-state index in [0.717, 1.165) is 57.0 Å². The zero-order valence-electron chi connectivity index (χ0n) is 13.0. The zero-order valence-corrected chi connectivity index (χ0v) is 13.0. The second-order valence-electron chi connectivity index (χ2n) is 6.19. The number of aromatic nitrogens is 2. The van der Waals surface area contributed by atoms with Gasteiger partial charge in [0.25, 0.3) is 0 Å². The fourth-order valence-corrected chi connectivity index (χ4v) is 3.71. The van der Waals surface area contributed by atoms with E-state index in [9.17, 15) is 0 Å². The van der Waals surface area contributed by atoms with Crippen LogP contribution in [0.3, 0.4) is 0 Å². The quantitative estimate of drug-likeness (QED) is 0.923.